The first kappa shape index (κ1) is 14.9. The molecule has 0 spiro atoms. The minimum atomic E-state index is -0.290. The zero-order valence-electron chi connectivity index (χ0n) is 13.7. The van der Waals surface area contributed by atoms with Crippen LogP contribution >= 0.6 is 0 Å². The van der Waals surface area contributed by atoms with E-state index >= 15 is 0 Å². The van der Waals surface area contributed by atoms with Crippen LogP contribution in [0.3, 0.4) is 0 Å². The predicted molar refractivity (Wildman–Crippen MR) is 91.2 cm³/mol. The summed E-state index contributed by atoms with van der Waals surface area (Å²) in [4.78, 5) is 9.05. The summed E-state index contributed by atoms with van der Waals surface area (Å²) in [6, 6.07) is 0. The van der Waals surface area contributed by atoms with Crippen LogP contribution in [-0.4, -0.2) is 25.7 Å². The van der Waals surface area contributed by atoms with Crippen molar-refractivity contribution in [3.05, 3.63) is 17.6 Å². The molecule has 0 aromatic carbocycles. The number of imidazole rings is 1. The maximum atomic E-state index is 10.7. The Morgan fingerprint density at radius 1 is 1.17 bits per heavy atom. The molecule has 2 aromatic heterocycles. The number of aryl methyl sites for hydroxylation is 2. The number of nitrogens with two attached hydrogens (primary N) is 1. The molecule has 1 saturated carbocycles. The SMILES string of the molecule is Nc1nc2c(c3c1ncn3CC(O)C1CCCCC1)CCCC2. The second-order valence-corrected chi connectivity index (χ2v) is 7.19. The molecule has 2 aliphatic rings. The molecule has 5 nitrogen and oxygen atoms in total. The number of fused-ring (bicyclic) bond motifs is 3. The molecule has 1 fully saturated rings. The van der Waals surface area contributed by atoms with Crippen LogP contribution in [0.2, 0.25) is 0 Å². The molecule has 1 atom stereocenters. The van der Waals surface area contributed by atoms with Gasteiger partial charge in [-0.25, -0.2) is 9.97 Å². The van der Waals surface area contributed by atoms with Gasteiger partial charge < -0.3 is 15.4 Å². The van der Waals surface area contributed by atoms with Crippen LogP contribution in [0.25, 0.3) is 11.0 Å². The molecule has 5 heteroatoms. The maximum Gasteiger partial charge on any atom is 0.151 e. The van der Waals surface area contributed by atoms with Gasteiger partial charge >= 0.3 is 0 Å². The van der Waals surface area contributed by atoms with Gasteiger partial charge in [-0.05, 0) is 50.0 Å². The standard InChI is InChI=1S/C18H26N4O/c19-18-16-17(13-8-4-5-9-14(13)21-18)22(11-20-16)10-15(23)12-6-2-1-3-7-12/h11-12,15,23H,1-10H2,(H2,19,21). The van der Waals surface area contributed by atoms with Crippen molar-refractivity contribution < 1.29 is 5.11 Å². The number of aliphatic hydroxyl groups excluding tert-OH is 1. The highest BCUT2D eigenvalue weighted by Crippen LogP contribution is 2.32. The highest BCUT2D eigenvalue weighted by molar-refractivity contribution is 5.88. The minimum Gasteiger partial charge on any atom is -0.391 e. The molecule has 0 bridgehead atoms. The summed E-state index contributed by atoms with van der Waals surface area (Å²) >= 11 is 0. The number of hydrogen-bond donors (Lipinski definition) is 2. The van der Waals surface area contributed by atoms with Crippen LogP contribution in [0.5, 0.6) is 0 Å². The lowest BCUT2D eigenvalue weighted by atomic mass is 9.85. The third-order valence-corrected chi connectivity index (χ3v) is 5.64. The molecular weight excluding hydrogens is 288 g/mol. The third kappa shape index (κ3) is 2.71. The van der Waals surface area contributed by atoms with Crippen molar-refractivity contribution >= 4 is 16.9 Å². The van der Waals surface area contributed by atoms with Crippen LogP contribution in [-0.2, 0) is 19.4 Å². The number of hydrogen-bond acceptors (Lipinski definition) is 4. The molecule has 1 unspecified atom stereocenters. The Labute approximate surface area is 136 Å². The van der Waals surface area contributed by atoms with E-state index in [-0.39, 0.29) is 6.10 Å². The monoisotopic (exact) mass is 314 g/mol. The number of nitrogens with zero attached hydrogens (tertiary/aromatic N) is 3. The highest BCUT2D eigenvalue weighted by Gasteiger charge is 2.25. The highest BCUT2D eigenvalue weighted by atomic mass is 16.3. The Hall–Kier alpha value is -1.62. The summed E-state index contributed by atoms with van der Waals surface area (Å²) in [6.45, 7) is 0.622. The summed E-state index contributed by atoms with van der Waals surface area (Å²) in [5.74, 6) is 0.961. The Kier molecular flexibility index (Phi) is 3.97. The Balaban J connectivity index is 1.68. The fourth-order valence-electron chi connectivity index (χ4n) is 4.36. The van der Waals surface area contributed by atoms with E-state index < -0.39 is 0 Å². The molecule has 124 valence electrons. The van der Waals surface area contributed by atoms with Crippen LogP contribution in [0.15, 0.2) is 6.33 Å². The summed E-state index contributed by atoms with van der Waals surface area (Å²) < 4.78 is 2.12. The summed E-state index contributed by atoms with van der Waals surface area (Å²) in [5.41, 5.74) is 10.5. The quantitative estimate of drug-likeness (QED) is 0.913. The molecule has 4 rings (SSSR count). The number of aromatic nitrogens is 3. The van der Waals surface area contributed by atoms with E-state index in [0.717, 1.165) is 42.4 Å². The van der Waals surface area contributed by atoms with Gasteiger partial charge in [-0.3, -0.25) is 0 Å². The summed E-state index contributed by atoms with van der Waals surface area (Å²) in [5, 5.41) is 10.7. The van der Waals surface area contributed by atoms with Gasteiger partial charge in [-0.2, -0.15) is 0 Å². The first-order chi connectivity index (χ1) is 11.2. The lowest BCUT2D eigenvalue weighted by Gasteiger charge is -2.27. The number of rotatable bonds is 3. The van der Waals surface area contributed by atoms with Gasteiger partial charge in [0.2, 0.25) is 0 Å². The van der Waals surface area contributed by atoms with Crippen LogP contribution in [0.4, 0.5) is 5.82 Å². The third-order valence-electron chi connectivity index (χ3n) is 5.64. The Morgan fingerprint density at radius 2 is 1.96 bits per heavy atom. The molecule has 23 heavy (non-hydrogen) atoms. The predicted octanol–water partition coefficient (Wildman–Crippen LogP) is 2.83. The van der Waals surface area contributed by atoms with Crippen molar-refractivity contribution in [2.75, 3.05) is 5.73 Å². The van der Waals surface area contributed by atoms with Gasteiger partial charge in [0.1, 0.15) is 5.52 Å². The van der Waals surface area contributed by atoms with Crippen LogP contribution < -0.4 is 5.73 Å². The molecular formula is C18H26N4O. The Morgan fingerprint density at radius 3 is 2.78 bits per heavy atom. The minimum absolute atomic E-state index is 0.290. The van der Waals surface area contributed by atoms with Gasteiger partial charge in [0.25, 0.3) is 0 Å². The van der Waals surface area contributed by atoms with Gasteiger partial charge in [-0.1, -0.05) is 19.3 Å². The normalized spacial score (nSPS) is 20.6. The summed E-state index contributed by atoms with van der Waals surface area (Å²) in [6.07, 6.45) is 12.1. The molecule has 2 heterocycles. The topological polar surface area (TPSA) is 77.0 Å². The van der Waals surface area contributed by atoms with E-state index in [0.29, 0.717) is 18.3 Å². The van der Waals surface area contributed by atoms with Crippen molar-refractivity contribution in [1.29, 1.82) is 0 Å². The van der Waals surface area contributed by atoms with E-state index in [1.807, 2.05) is 6.33 Å². The molecule has 0 saturated heterocycles. The zero-order valence-corrected chi connectivity index (χ0v) is 13.7. The van der Waals surface area contributed by atoms with Crippen molar-refractivity contribution in [2.24, 2.45) is 5.92 Å². The molecule has 3 N–H and O–H groups in total. The largest absolute Gasteiger partial charge is 0.391 e. The van der Waals surface area contributed by atoms with Crippen LogP contribution in [0, 0.1) is 5.92 Å². The maximum absolute atomic E-state index is 10.7. The number of nitrogen functional groups attached to an aromatic ring is 1. The van der Waals surface area contributed by atoms with Crippen molar-refractivity contribution in [3.63, 3.8) is 0 Å². The second kappa shape index (κ2) is 6.11. The Bertz CT molecular complexity index is 703. The van der Waals surface area contributed by atoms with E-state index in [4.69, 9.17) is 5.73 Å². The number of pyridine rings is 1. The number of anilines is 1. The van der Waals surface area contributed by atoms with Crippen LogP contribution in [0.1, 0.15) is 56.2 Å². The van der Waals surface area contributed by atoms with Gasteiger partial charge in [0, 0.05) is 5.69 Å². The first-order valence-electron chi connectivity index (χ1n) is 9.04. The van der Waals surface area contributed by atoms with Crippen molar-refractivity contribution in [1.82, 2.24) is 14.5 Å². The fraction of sp³-hybridized carbons (Fsp3) is 0.667. The fourth-order valence-corrected chi connectivity index (χ4v) is 4.36. The smallest absolute Gasteiger partial charge is 0.151 e. The zero-order chi connectivity index (χ0) is 15.8. The first-order valence-corrected chi connectivity index (χ1v) is 9.04. The van der Waals surface area contributed by atoms with Gasteiger partial charge in [0.05, 0.1) is 24.5 Å². The summed E-state index contributed by atoms with van der Waals surface area (Å²) in [7, 11) is 0. The average molecular weight is 314 g/mol. The lowest BCUT2D eigenvalue weighted by molar-refractivity contribution is 0.0705. The van der Waals surface area contributed by atoms with E-state index in [1.54, 1.807) is 0 Å². The molecule has 2 aliphatic carbocycles. The number of aliphatic hydroxyl groups is 1. The second-order valence-electron chi connectivity index (χ2n) is 7.19. The van der Waals surface area contributed by atoms with E-state index in [1.165, 1.54) is 37.7 Å². The van der Waals surface area contributed by atoms with Crippen molar-refractivity contribution in [3.8, 4) is 0 Å². The van der Waals surface area contributed by atoms with Gasteiger partial charge in [0.15, 0.2) is 5.82 Å². The van der Waals surface area contributed by atoms with Crippen molar-refractivity contribution in [2.45, 2.75) is 70.4 Å². The molecule has 0 amide bonds. The van der Waals surface area contributed by atoms with E-state index in [9.17, 15) is 5.11 Å². The average Bonchev–Trinajstić information content (AvgIpc) is 3.00. The molecule has 2 aromatic rings. The molecule has 0 radical (unpaired) electrons. The van der Waals surface area contributed by atoms with Gasteiger partial charge in [-0.15, -0.1) is 0 Å². The van der Waals surface area contributed by atoms with E-state index in [2.05, 4.69) is 14.5 Å². The molecule has 0 aliphatic heterocycles. The lowest BCUT2D eigenvalue weighted by Crippen LogP contribution is -2.27.